The number of pyridine rings is 1. The Morgan fingerprint density at radius 1 is 1.30 bits per heavy atom. The summed E-state index contributed by atoms with van der Waals surface area (Å²) >= 11 is 1.36. The predicted octanol–water partition coefficient (Wildman–Crippen LogP) is 2.79. The zero-order valence-corrected chi connectivity index (χ0v) is 12.3. The number of anilines is 2. The van der Waals surface area contributed by atoms with Crippen LogP contribution in [0.5, 0.6) is 0 Å². The van der Waals surface area contributed by atoms with Crippen molar-refractivity contribution in [2.75, 3.05) is 5.32 Å². The average Bonchev–Trinajstić information content (AvgIpc) is 3.12. The van der Waals surface area contributed by atoms with Gasteiger partial charge in [-0.25, -0.2) is 9.97 Å². The van der Waals surface area contributed by atoms with E-state index < -0.39 is 0 Å². The minimum absolute atomic E-state index is 0.0206. The van der Waals surface area contributed by atoms with Crippen molar-refractivity contribution in [1.82, 2.24) is 15.3 Å². The van der Waals surface area contributed by atoms with E-state index in [1.807, 2.05) is 32.0 Å². The number of nitrogens with zero attached hydrogens (tertiary/aromatic N) is 2. The fraction of sp³-hybridized carbons (Fsp3) is 0.357. The van der Waals surface area contributed by atoms with Crippen LogP contribution in [-0.2, 0) is 0 Å². The Bertz CT molecular complexity index is 648. The SMILES string of the molecule is Cc1cccc(Nc2nc(C)c(C(=O)NC3CC3)s2)n1. The predicted molar refractivity (Wildman–Crippen MR) is 79.6 cm³/mol. The molecule has 2 heterocycles. The van der Waals surface area contributed by atoms with Crippen molar-refractivity contribution in [2.45, 2.75) is 32.7 Å². The van der Waals surface area contributed by atoms with Crippen molar-refractivity contribution in [1.29, 1.82) is 0 Å². The van der Waals surface area contributed by atoms with E-state index in [0.29, 0.717) is 16.1 Å². The van der Waals surface area contributed by atoms with Crippen LogP contribution in [0.15, 0.2) is 18.2 Å². The van der Waals surface area contributed by atoms with Crippen LogP contribution in [0.25, 0.3) is 0 Å². The monoisotopic (exact) mass is 288 g/mol. The minimum atomic E-state index is -0.0206. The highest BCUT2D eigenvalue weighted by Crippen LogP contribution is 2.26. The number of hydrogen-bond acceptors (Lipinski definition) is 5. The molecule has 2 aromatic heterocycles. The Hall–Kier alpha value is -1.95. The van der Waals surface area contributed by atoms with E-state index in [4.69, 9.17) is 0 Å². The molecule has 5 nitrogen and oxygen atoms in total. The van der Waals surface area contributed by atoms with Crippen LogP contribution in [0.4, 0.5) is 10.9 Å². The number of thiazole rings is 1. The van der Waals surface area contributed by atoms with E-state index in [9.17, 15) is 4.79 Å². The van der Waals surface area contributed by atoms with Gasteiger partial charge in [0.2, 0.25) is 0 Å². The second-order valence-electron chi connectivity index (χ2n) is 4.97. The molecule has 1 aliphatic carbocycles. The van der Waals surface area contributed by atoms with Crippen molar-refractivity contribution in [2.24, 2.45) is 0 Å². The van der Waals surface area contributed by atoms with Gasteiger partial charge in [0.15, 0.2) is 5.13 Å². The van der Waals surface area contributed by atoms with Crippen LogP contribution in [-0.4, -0.2) is 21.9 Å². The van der Waals surface area contributed by atoms with Crippen LogP contribution in [0.3, 0.4) is 0 Å². The first-order valence-electron chi connectivity index (χ1n) is 6.61. The fourth-order valence-corrected chi connectivity index (χ4v) is 2.74. The lowest BCUT2D eigenvalue weighted by Gasteiger charge is -2.01. The first-order valence-corrected chi connectivity index (χ1v) is 7.42. The Balaban J connectivity index is 1.76. The summed E-state index contributed by atoms with van der Waals surface area (Å²) in [5.74, 6) is 0.723. The standard InChI is InChI=1S/C14H16N4OS/c1-8-4-3-5-11(15-8)18-14-16-9(2)12(20-14)13(19)17-10-6-7-10/h3-5,10H,6-7H2,1-2H3,(H,17,19)(H,15,16,18). The molecule has 20 heavy (non-hydrogen) atoms. The molecule has 0 aromatic carbocycles. The van der Waals surface area contributed by atoms with Crippen LogP contribution < -0.4 is 10.6 Å². The molecule has 104 valence electrons. The Labute approximate surface area is 121 Å². The van der Waals surface area contributed by atoms with Crippen molar-refractivity contribution >= 4 is 28.2 Å². The molecule has 1 aliphatic rings. The number of carbonyl (C=O) groups is 1. The maximum absolute atomic E-state index is 12.1. The zero-order valence-electron chi connectivity index (χ0n) is 11.4. The van der Waals surface area contributed by atoms with Gasteiger partial charge in [0.05, 0.1) is 5.69 Å². The molecule has 0 radical (unpaired) electrons. The van der Waals surface area contributed by atoms with E-state index in [1.54, 1.807) is 0 Å². The third kappa shape index (κ3) is 2.96. The van der Waals surface area contributed by atoms with Crippen LogP contribution in [0, 0.1) is 13.8 Å². The molecule has 0 atom stereocenters. The van der Waals surface area contributed by atoms with Crippen LogP contribution >= 0.6 is 11.3 Å². The fourth-order valence-electron chi connectivity index (χ4n) is 1.86. The summed E-state index contributed by atoms with van der Waals surface area (Å²) in [4.78, 5) is 21.5. The number of nitrogens with one attached hydrogen (secondary N) is 2. The second kappa shape index (κ2) is 5.20. The summed E-state index contributed by atoms with van der Waals surface area (Å²) in [7, 11) is 0. The summed E-state index contributed by atoms with van der Waals surface area (Å²) in [6, 6.07) is 6.12. The van der Waals surface area contributed by atoms with Gasteiger partial charge in [0.1, 0.15) is 10.7 Å². The van der Waals surface area contributed by atoms with Gasteiger partial charge >= 0.3 is 0 Å². The van der Waals surface area contributed by atoms with E-state index in [0.717, 1.165) is 30.0 Å². The van der Waals surface area contributed by atoms with Gasteiger partial charge < -0.3 is 10.6 Å². The summed E-state index contributed by atoms with van der Waals surface area (Å²) in [5, 5.41) is 6.83. The maximum atomic E-state index is 12.1. The minimum Gasteiger partial charge on any atom is -0.349 e. The number of carbonyl (C=O) groups excluding carboxylic acids is 1. The summed E-state index contributed by atoms with van der Waals surface area (Å²) in [6.07, 6.45) is 2.17. The first-order chi connectivity index (χ1) is 9.61. The highest BCUT2D eigenvalue weighted by atomic mass is 32.1. The number of amides is 1. The number of hydrogen-bond donors (Lipinski definition) is 2. The molecule has 1 saturated carbocycles. The highest BCUT2D eigenvalue weighted by molar-refractivity contribution is 7.17. The molecule has 2 N–H and O–H groups in total. The van der Waals surface area contributed by atoms with Crippen molar-refractivity contribution in [3.8, 4) is 0 Å². The lowest BCUT2D eigenvalue weighted by atomic mass is 10.3. The maximum Gasteiger partial charge on any atom is 0.263 e. The summed E-state index contributed by atoms with van der Waals surface area (Å²) < 4.78 is 0. The summed E-state index contributed by atoms with van der Waals surface area (Å²) in [6.45, 7) is 3.79. The Morgan fingerprint density at radius 2 is 2.10 bits per heavy atom. The third-order valence-corrected chi connectivity index (χ3v) is 4.11. The summed E-state index contributed by atoms with van der Waals surface area (Å²) in [5.41, 5.74) is 1.69. The van der Waals surface area contributed by atoms with Gasteiger partial charge in [0, 0.05) is 11.7 Å². The lowest BCUT2D eigenvalue weighted by Crippen LogP contribution is -2.25. The first kappa shape index (κ1) is 13.1. The quantitative estimate of drug-likeness (QED) is 0.908. The van der Waals surface area contributed by atoms with E-state index in [1.165, 1.54) is 11.3 Å². The molecule has 0 saturated heterocycles. The topological polar surface area (TPSA) is 66.9 Å². The highest BCUT2D eigenvalue weighted by Gasteiger charge is 2.25. The van der Waals surface area contributed by atoms with E-state index in [2.05, 4.69) is 20.6 Å². The van der Waals surface area contributed by atoms with Gasteiger partial charge in [-0.1, -0.05) is 17.4 Å². The molecule has 3 rings (SSSR count). The molecule has 0 aliphatic heterocycles. The molecule has 0 spiro atoms. The average molecular weight is 288 g/mol. The molecule has 0 unspecified atom stereocenters. The van der Waals surface area contributed by atoms with Gasteiger partial charge in [-0.05, 0) is 38.8 Å². The normalized spacial score (nSPS) is 14.1. The molecule has 1 fully saturated rings. The number of aryl methyl sites for hydroxylation is 2. The van der Waals surface area contributed by atoms with Gasteiger partial charge in [0.25, 0.3) is 5.91 Å². The van der Waals surface area contributed by atoms with Gasteiger partial charge in [-0.3, -0.25) is 4.79 Å². The van der Waals surface area contributed by atoms with E-state index in [-0.39, 0.29) is 5.91 Å². The molecule has 0 bridgehead atoms. The third-order valence-electron chi connectivity index (χ3n) is 3.04. The van der Waals surface area contributed by atoms with Crippen LogP contribution in [0.2, 0.25) is 0 Å². The molecular formula is C14H16N4OS. The molecule has 6 heteroatoms. The zero-order chi connectivity index (χ0) is 14.1. The molecule has 1 amide bonds. The molecule has 2 aromatic rings. The lowest BCUT2D eigenvalue weighted by molar-refractivity contribution is 0.0954. The van der Waals surface area contributed by atoms with E-state index >= 15 is 0 Å². The number of rotatable bonds is 4. The van der Waals surface area contributed by atoms with Gasteiger partial charge in [-0.2, -0.15) is 0 Å². The van der Waals surface area contributed by atoms with Crippen LogP contribution in [0.1, 0.15) is 33.9 Å². The smallest absolute Gasteiger partial charge is 0.263 e. The van der Waals surface area contributed by atoms with Gasteiger partial charge in [-0.15, -0.1) is 0 Å². The Morgan fingerprint density at radius 3 is 2.80 bits per heavy atom. The van der Waals surface area contributed by atoms with Crippen molar-refractivity contribution in [3.05, 3.63) is 34.5 Å². The number of aromatic nitrogens is 2. The second-order valence-corrected chi connectivity index (χ2v) is 5.97. The Kier molecular flexibility index (Phi) is 3.40. The van der Waals surface area contributed by atoms with Crippen molar-refractivity contribution < 1.29 is 4.79 Å². The largest absolute Gasteiger partial charge is 0.349 e. The van der Waals surface area contributed by atoms with Crippen molar-refractivity contribution in [3.63, 3.8) is 0 Å². The molecular weight excluding hydrogens is 272 g/mol.